The van der Waals surface area contributed by atoms with Gasteiger partial charge in [0, 0.05) is 5.56 Å². The number of halogens is 2. The number of hydrogen-bond donors (Lipinski definition) is 1. The second kappa shape index (κ2) is 4.69. The van der Waals surface area contributed by atoms with Gasteiger partial charge in [-0.3, -0.25) is 5.41 Å². The van der Waals surface area contributed by atoms with Gasteiger partial charge in [0.15, 0.2) is 5.90 Å². The largest absolute Gasteiger partial charge is 0.481 e. The Morgan fingerprint density at radius 1 is 1.36 bits per heavy atom. The van der Waals surface area contributed by atoms with Gasteiger partial charge in [-0.15, -0.1) is 0 Å². The summed E-state index contributed by atoms with van der Waals surface area (Å²) in [6.07, 6.45) is -0.146. The molecule has 0 fully saturated rings. The third kappa shape index (κ3) is 2.52. The van der Waals surface area contributed by atoms with Crippen LogP contribution in [0.5, 0.6) is 0 Å². The number of ether oxygens (including phenoxy) is 1. The van der Waals surface area contributed by atoms with Gasteiger partial charge in [-0.1, -0.05) is 6.07 Å². The molecule has 1 rings (SSSR count). The van der Waals surface area contributed by atoms with Gasteiger partial charge >= 0.3 is 0 Å². The summed E-state index contributed by atoms with van der Waals surface area (Å²) in [6.45, 7) is 2.04. The predicted octanol–water partition coefficient (Wildman–Crippen LogP) is 2.52. The second-order valence-electron chi connectivity index (χ2n) is 2.73. The van der Waals surface area contributed by atoms with E-state index in [4.69, 9.17) is 10.1 Å². The molecule has 0 bridgehead atoms. The SMILES string of the molecule is CCOC(=N)Cc1c(F)cccc1F. The van der Waals surface area contributed by atoms with Crippen LogP contribution in [0.3, 0.4) is 0 Å². The highest BCUT2D eigenvalue weighted by atomic mass is 19.1. The van der Waals surface area contributed by atoms with Gasteiger partial charge in [-0.05, 0) is 19.1 Å². The Kier molecular flexibility index (Phi) is 3.56. The monoisotopic (exact) mass is 199 g/mol. The lowest BCUT2D eigenvalue weighted by Gasteiger charge is -2.06. The summed E-state index contributed by atoms with van der Waals surface area (Å²) in [6, 6.07) is 3.62. The molecule has 76 valence electrons. The first-order chi connectivity index (χ1) is 6.65. The molecular formula is C10H11F2NO. The molecule has 1 aromatic carbocycles. The van der Waals surface area contributed by atoms with Gasteiger partial charge in [-0.25, -0.2) is 8.78 Å². The van der Waals surface area contributed by atoms with E-state index < -0.39 is 11.6 Å². The van der Waals surface area contributed by atoms with Crippen molar-refractivity contribution >= 4 is 5.90 Å². The summed E-state index contributed by atoms with van der Waals surface area (Å²) < 4.78 is 30.9. The lowest BCUT2D eigenvalue weighted by molar-refractivity contribution is 0.315. The Hall–Kier alpha value is -1.45. The van der Waals surface area contributed by atoms with Crippen LogP contribution >= 0.6 is 0 Å². The van der Waals surface area contributed by atoms with Gasteiger partial charge in [0.05, 0.1) is 13.0 Å². The summed E-state index contributed by atoms with van der Waals surface area (Å²) in [7, 11) is 0. The molecule has 0 aromatic heterocycles. The molecule has 2 nitrogen and oxygen atoms in total. The van der Waals surface area contributed by atoms with Crippen molar-refractivity contribution < 1.29 is 13.5 Å². The molecular weight excluding hydrogens is 188 g/mol. The van der Waals surface area contributed by atoms with E-state index in [0.29, 0.717) is 6.61 Å². The molecule has 0 aliphatic carbocycles. The van der Waals surface area contributed by atoms with Crippen LogP contribution in [0.4, 0.5) is 8.78 Å². The zero-order valence-corrected chi connectivity index (χ0v) is 7.81. The average molecular weight is 199 g/mol. The maximum Gasteiger partial charge on any atom is 0.185 e. The molecule has 4 heteroatoms. The van der Waals surface area contributed by atoms with Crippen molar-refractivity contribution in [2.75, 3.05) is 6.61 Å². The third-order valence-corrected chi connectivity index (χ3v) is 1.72. The number of rotatable bonds is 3. The zero-order valence-electron chi connectivity index (χ0n) is 7.81. The first kappa shape index (κ1) is 10.6. The molecule has 0 radical (unpaired) electrons. The minimum absolute atomic E-state index is 0.119. The summed E-state index contributed by atoms with van der Waals surface area (Å²) in [5, 5.41) is 7.26. The first-order valence-electron chi connectivity index (χ1n) is 4.28. The quantitative estimate of drug-likeness (QED) is 0.589. The Morgan fingerprint density at radius 3 is 2.43 bits per heavy atom. The maximum absolute atomic E-state index is 13.1. The van der Waals surface area contributed by atoms with Crippen molar-refractivity contribution in [2.45, 2.75) is 13.3 Å². The molecule has 0 heterocycles. The highest BCUT2D eigenvalue weighted by molar-refractivity contribution is 5.75. The standard InChI is InChI=1S/C10H11F2NO/c1-2-14-10(13)6-7-8(11)4-3-5-9(7)12/h3-5,13H,2,6H2,1H3. The maximum atomic E-state index is 13.1. The van der Waals surface area contributed by atoms with Crippen LogP contribution in [0.1, 0.15) is 12.5 Å². The van der Waals surface area contributed by atoms with Gasteiger partial charge < -0.3 is 4.74 Å². The Morgan fingerprint density at radius 2 is 1.93 bits per heavy atom. The molecule has 1 N–H and O–H groups in total. The zero-order chi connectivity index (χ0) is 10.6. The number of nitrogens with one attached hydrogen (secondary N) is 1. The number of hydrogen-bond acceptors (Lipinski definition) is 2. The molecule has 0 aliphatic heterocycles. The van der Waals surface area contributed by atoms with Crippen molar-refractivity contribution in [1.82, 2.24) is 0 Å². The highest BCUT2D eigenvalue weighted by Gasteiger charge is 2.10. The molecule has 0 aliphatic rings. The van der Waals surface area contributed by atoms with E-state index in [1.807, 2.05) is 0 Å². The van der Waals surface area contributed by atoms with E-state index in [-0.39, 0.29) is 17.9 Å². The molecule has 1 aromatic rings. The first-order valence-corrected chi connectivity index (χ1v) is 4.28. The molecule has 0 amide bonds. The summed E-state index contributed by atoms with van der Waals surface area (Å²) >= 11 is 0. The third-order valence-electron chi connectivity index (χ3n) is 1.72. The normalized spacial score (nSPS) is 9.93. The minimum atomic E-state index is -0.644. The van der Waals surface area contributed by atoms with E-state index in [1.165, 1.54) is 6.07 Å². The van der Waals surface area contributed by atoms with Crippen LogP contribution < -0.4 is 0 Å². The van der Waals surface area contributed by atoms with Gasteiger partial charge in [0.2, 0.25) is 0 Å². The van der Waals surface area contributed by atoms with Gasteiger partial charge in [0.25, 0.3) is 0 Å². The highest BCUT2D eigenvalue weighted by Crippen LogP contribution is 2.13. The van der Waals surface area contributed by atoms with Crippen molar-refractivity contribution in [3.8, 4) is 0 Å². The Labute approximate surface area is 81.0 Å². The van der Waals surface area contributed by atoms with E-state index in [1.54, 1.807) is 6.92 Å². The minimum Gasteiger partial charge on any atom is -0.481 e. The summed E-state index contributed by atoms with van der Waals surface area (Å²) in [5.41, 5.74) is -0.119. The van der Waals surface area contributed by atoms with Crippen LogP contribution in [0.15, 0.2) is 18.2 Å². The van der Waals surface area contributed by atoms with E-state index in [0.717, 1.165) is 12.1 Å². The van der Waals surface area contributed by atoms with Crippen molar-refractivity contribution in [3.05, 3.63) is 35.4 Å². The van der Waals surface area contributed by atoms with E-state index in [2.05, 4.69) is 0 Å². The van der Waals surface area contributed by atoms with Crippen LogP contribution in [0.2, 0.25) is 0 Å². The second-order valence-corrected chi connectivity index (χ2v) is 2.73. The molecule has 0 unspecified atom stereocenters. The van der Waals surface area contributed by atoms with Crippen LogP contribution in [-0.4, -0.2) is 12.5 Å². The fourth-order valence-electron chi connectivity index (χ4n) is 1.09. The van der Waals surface area contributed by atoms with Crippen LogP contribution in [-0.2, 0) is 11.2 Å². The molecule has 0 saturated heterocycles. The molecule has 0 spiro atoms. The van der Waals surface area contributed by atoms with Crippen molar-refractivity contribution in [3.63, 3.8) is 0 Å². The molecule has 0 saturated carbocycles. The summed E-state index contributed by atoms with van der Waals surface area (Å²) in [5.74, 6) is -1.42. The lowest BCUT2D eigenvalue weighted by atomic mass is 10.1. The van der Waals surface area contributed by atoms with Gasteiger partial charge in [-0.2, -0.15) is 0 Å². The van der Waals surface area contributed by atoms with Crippen molar-refractivity contribution in [1.29, 1.82) is 5.41 Å². The predicted molar refractivity (Wildman–Crippen MR) is 49.4 cm³/mol. The topological polar surface area (TPSA) is 33.1 Å². The Bertz CT molecular complexity index is 319. The fraction of sp³-hybridized carbons (Fsp3) is 0.300. The van der Waals surface area contributed by atoms with Crippen LogP contribution in [0.25, 0.3) is 0 Å². The smallest absolute Gasteiger partial charge is 0.185 e. The molecule has 0 atom stereocenters. The van der Waals surface area contributed by atoms with E-state index >= 15 is 0 Å². The lowest BCUT2D eigenvalue weighted by Crippen LogP contribution is -2.09. The van der Waals surface area contributed by atoms with Crippen molar-refractivity contribution in [2.24, 2.45) is 0 Å². The van der Waals surface area contributed by atoms with E-state index in [9.17, 15) is 8.78 Å². The fourth-order valence-corrected chi connectivity index (χ4v) is 1.09. The molecule has 14 heavy (non-hydrogen) atoms. The van der Waals surface area contributed by atoms with Gasteiger partial charge in [0.1, 0.15) is 11.6 Å². The van der Waals surface area contributed by atoms with Crippen LogP contribution in [0, 0.1) is 17.0 Å². The Balaban J connectivity index is 2.80. The number of benzene rings is 1. The average Bonchev–Trinajstić information content (AvgIpc) is 2.12. The summed E-state index contributed by atoms with van der Waals surface area (Å²) in [4.78, 5) is 0.